The molecule has 2 aromatic heterocycles. The lowest BCUT2D eigenvalue weighted by Gasteiger charge is -2.48. The van der Waals surface area contributed by atoms with Crippen LogP contribution in [0.4, 0.5) is 24.7 Å². The number of anilines is 2. The fraction of sp³-hybridized carbons (Fsp3) is 0.364. The number of alkyl halides is 3. The lowest BCUT2D eigenvalue weighted by atomic mass is 9.52. The van der Waals surface area contributed by atoms with Crippen LogP contribution in [0.1, 0.15) is 42.9 Å². The zero-order chi connectivity index (χ0) is 33.6. The lowest BCUT2D eigenvalue weighted by molar-refractivity contribution is -0.141. The molecule has 6 atom stereocenters. The van der Waals surface area contributed by atoms with Gasteiger partial charge in [-0.3, -0.25) is 24.2 Å². The minimum Gasteiger partial charge on any atom is -0.463 e. The van der Waals surface area contributed by atoms with E-state index in [0.717, 1.165) is 21.0 Å². The summed E-state index contributed by atoms with van der Waals surface area (Å²) in [6, 6.07) is 13.4. The van der Waals surface area contributed by atoms with Crippen LogP contribution in [0.15, 0.2) is 70.7 Å². The molecule has 0 unspecified atom stereocenters. The van der Waals surface area contributed by atoms with Crippen LogP contribution in [0, 0.1) is 29.1 Å². The molecule has 1 saturated carbocycles. The number of aliphatic hydroxyl groups is 1. The van der Waals surface area contributed by atoms with Crippen molar-refractivity contribution in [3.8, 4) is 0 Å². The average Bonchev–Trinajstić information content (AvgIpc) is 3.67. The molecule has 1 aromatic carbocycles. The molecule has 2 aliphatic heterocycles. The Balaban J connectivity index is 1.31. The molecule has 0 spiro atoms. The van der Waals surface area contributed by atoms with Gasteiger partial charge in [0.15, 0.2) is 5.82 Å². The molecule has 2 saturated heterocycles. The first kappa shape index (κ1) is 31.1. The second-order valence-corrected chi connectivity index (χ2v) is 12.9. The zero-order valence-corrected chi connectivity index (χ0v) is 25.8. The van der Waals surface area contributed by atoms with E-state index in [2.05, 4.69) is 4.98 Å². The summed E-state index contributed by atoms with van der Waals surface area (Å²) in [5.74, 6) is -6.32. The van der Waals surface area contributed by atoms with Crippen LogP contribution < -0.4 is 9.91 Å². The molecule has 14 heteroatoms. The van der Waals surface area contributed by atoms with Crippen molar-refractivity contribution >= 4 is 46.7 Å². The van der Waals surface area contributed by atoms with Crippen LogP contribution in [-0.2, 0) is 32.0 Å². The maximum atomic E-state index is 14.3. The third-order valence-electron chi connectivity index (χ3n) is 10.1. The van der Waals surface area contributed by atoms with E-state index >= 15 is 0 Å². The number of para-hydroxylation sites is 1. The first-order chi connectivity index (χ1) is 22.3. The number of imide groups is 2. The van der Waals surface area contributed by atoms with Crippen molar-refractivity contribution in [2.45, 2.75) is 38.5 Å². The van der Waals surface area contributed by atoms with Gasteiger partial charge in [0.25, 0.3) is 11.8 Å². The highest BCUT2D eigenvalue weighted by Crippen LogP contribution is 2.63. The Bertz CT molecular complexity index is 1860. The Morgan fingerprint density at radius 1 is 1.02 bits per heavy atom. The van der Waals surface area contributed by atoms with E-state index < -0.39 is 82.9 Å². The number of aliphatic hydroxyl groups excluding tert-OH is 1. The van der Waals surface area contributed by atoms with Crippen LogP contribution in [0.2, 0.25) is 5.02 Å². The van der Waals surface area contributed by atoms with Gasteiger partial charge in [-0.2, -0.15) is 18.2 Å². The molecule has 0 bridgehead atoms. The molecule has 1 N–H and O–H groups in total. The number of rotatable bonds is 5. The molecule has 7 rings (SSSR count). The Hall–Kier alpha value is -4.49. The number of hydrogen-bond acceptors (Lipinski definition) is 8. The van der Waals surface area contributed by atoms with Crippen molar-refractivity contribution in [2.75, 3.05) is 17.0 Å². The maximum Gasteiger partial charge on any atom is 0.433 e. The molecular formula is C33H28ClF3N4O6. The van der Waals surface area contributed by atoms with Crippen LogP contribution in [0.3, 0.4) is 0 Å². The van der Waals surface area contributed by atoms with Gasteiger partial charge in [-0.15, -0.1) is 0 Å². The second-order valence-electron chi connectivity index (χ2n) is 12.5. The molecular weight excluding hydrogens is 641 g/mol. The van der Waals surface area contributed by atoms with Crippen LogP contribution >= 0.6 is 11.6 Å². The SMILES string of the molecule is CN(c1nc(C(F)(F)F)ccc1Cl)N1C(=O)[C@H]2[C@H](CC=C3[C@H]2C[C@H]2C(=O)N(c4ccccc4)C(=O)[C@@]2(C)[C@H]3c2ccc(CO)o2)C1=O. The van der Waals surface area contributed by atoms with Crippen molar-refractivity contribution in [1.82, 2.24) is 9.99 Å². The van der Waals surface area contributed by atoms with E-state index in [-0.39, 0.29) is 23.6 Å². The number of amides is 4. The van der Waals surface area contributed by atoms with Gasteiger partial charge >= 0.3 is 6.18 Å². The zero-order valence-electron chi connectivity index (χ0n) is 25.1. The molecule has 47 heavy (non-hydrogen) atoms. The van der Waals surface area contributed by atoms with Gasteiger partial charge in [-0.25, -0.2) is 9.88 Å². The normalized spacial score (nSPS) is 28.7. The van der Waals surface area contributed by atoms with E-state index in [9.17, 15) is 37.5 Å². The van der Waals surface area contributed by atoms with Gasteiger partial charge in [-0.1, -0.05) is 41.4 Å². The summed E-state index contributed by atoms with van der Waals surface area (Å²) in [7, 11) is 1.24. The first-order valence-corrected chi connectivity index (χ1v) is 15.3. The minimum absolute atomic E-state index is 0.0701. The smallest absolute Gasteiger partial charge is 0.433 e. The lowest BCUT2D eigenvalue weighted by Crippen LogP contribution is -2.49. The second kappa shape index (κ2) is 10.8. The summed E-state index contributed by atoms with van der Waals surface area (Å²) < 4.78 is 46.5. The fourth-order valence-electron chi connectivity index (χ4n) is 7.96. The Morgan fingerprint density at radius 2 is 1.74 bits per heavy atom. The molecule has 2 aliphatic carbocycles. The number of allylic oxidation sites excluding steroid dienone is 2. The topological polar surface area (TPSA) is 124 Å². The molecule has 4 amide bonds. The number of carbonyl (C=O) groups excluding carboxylic acids is 4. The number of halogens is 4. The highest BCUT2D eigenvalue weighted by Gasteiger charge is 2.68. The monoisotopic (exact) mass is 668 g/mol. The van der Waals surface area contributed by atoms with Crippen LogP contribution in [-0.4, -0.2) is 45.8 Å². The van der Waals surface area contributed by atoms with Crippen molar-refractivity contribution in [2.24, 2.45) is 29.1 Å². The van der Waals surface area contributed by atoms with E-state index in [0.29, 0.717) is 23.1 Å². The number of nitrogens with zero attached hydrogens (tertiary/aromatic N) is 4. The number of pyridine rings is 1. The number of aromatic nitrogens is 1. The van der Waals surface area contributed by atoms with E-state index in [4.69, 9.17) is 16.0 Å². The van der Waals surface area contributed by atoms with Gasteiger partial charge in [0, 0.05) is 7.05 Å². The summed E-state index contributed by atoms with van der Waals surface area (Å²) in [4.78, 5) is 61.3. The van der Waals surface area contributed by atoms with Crippen molar-refractivity contribution < 1.29 is 41.9 Å². The minimum atomic E-state index is -4.80. The number of benzene rings is 1. The van der Waals surface area contributed by atoms with Gasteiger partial charge < -0.3 is 9.52 Å². The number of fused-ring (bicyclic) bond motifs is 4. The van der Waals surface area contributed by atoms with Gasteiger partial charge in [0.2, 0.25) is 11.8 Å². The largest absolute Gasteiger partial charge is 0.463 e. The molecule has 244 valence electrons. The standard InChI is InChI=1S/C33H28ClF3N4O6/c1-32-21(29(44)40(31(32)46)16-6-4-3-5-7-16)14-20-18(26(32)23-12-8-17(15-42)47-23)9-10-19-25(20)30(45)41(28(19)43)39(2)27-22(34)11-13-24(38-27)33(35,36)37/h3-9,11-13,19-21,25-26,42H,10,14-15H2,1-2H3/t19-,20+,21-,25-,26+,32+/m0/s1. The molecule has 0 radical (unpaired) electrons. The molecule has 4 heterocycles. The van der Waals surface area contributed by atoms with Crippen molar-refractivity contribution in [1.29, 1.82) is 0 Å². The van der Waals surface area contributed by atoms with Gasteiger partial charge in [0.05, 0.1) is 39.8 Å². The molecule has 10 nitrogen and oxygen atoms in total. The summed E-state index contributed by atoms with van der Waals surface area (Å²) in [5, 5.41) is 11.3. The Kier molecular flexibility index (Phi) is 7.14. The number of furan rings is 1. The predicted octanol–water partition coefficient (Wildman–Crippen LogP) is 5.12. The van der Waals surface area contributed by atoms with E-state index in [1.165, 1.54) is 7.05 Å². The third-order valence-corrected chi connectivity index (χ3v) is 10.4. The summed E-state index contributed by atoms with van der Waals surface area (Å²) >= 11 is 6.22. The van der Waals surface area contributed by atoms with E-state index in [1.807, 2.05) is 6.08 Å². The average molecular weight is 669 g/mol. The summed E-state index contributed by atoms with van der Waals surface area (Å²) in [5.41, 5.74) is -1.52. The highest BCUT2D eigenvalue weighted by atomic mass is 35.5. The Morgan fingerprint density at radius 3 is 2.40 bits per heavy atom. The maximum absolute atomic E-state index is 14.3. The number of hydrogen-bond donors (Lipinski definition) is 1. The van der Waals surface area contributed by atoms with Crippen LogP contribution in [0.5, 0.6) is 0 Å². The third kappa shape index (κ3) is 4.46. The fourth-order valence-corrected chi connectivity index (χ4v) is 8.19. The summed E-state index contributed by atoms with van der Waals surface area (Å²) in [6.07, 6.45) is -2.81. The highest BCUT2D eigenvalue weighted by molar-refractivity contribution is 6.33. The number of carbonyl (C=O) groups is 4. The molecule has 4 aliphatic rings. The summed E-state index contributed by atoms with van der Waals surface area (Å²) in [6.45, 7) is 1.31. The van der Waals surface area contributed by atoms with Gasteiger partial charge in [0.1, 0.15) is 23.8 Å². The van der Waals surface area contributed by atoms with Gasteiger partial charge in [-0.05, 0) is 62.1 Å². The Labute approximate surface area is 271 Å². The van der Waals surface area contributed by atoms with Crippen LogP contribution in [0.25, 0.3) is 0 Å². The number of hydrazine groups is 1. The quantitative estimate of drug-likeness (QED) is 0.294. The van der Waals surface area contributed by atoms with Crippen molar-refractivity contribution in [3.05, 3.63) is 88.5 Å². The van der Waals surface area contributed by atoms with Crippen molar-refractivity contribution in [3.63, 3.8) is 0 Å². The molecule has 3 fully saturated rings. The van der Waals surface area contributed by atoms with E-state index in [1.54, 1.807) is 49.4 Å². The molecule has 3 aromatic rings. The first-order valence-electron chi connectivity index (χ1n) is 15.0. The predicted molar refractivity (Wildman–Crippen MR) is 160 cm³/mol.